The summed E-state index contributed by atoms with van der Waals surface area (Å²) in [7, 11) is 0. The average molecular weight is 393 g/mol. The number of carbonyl (C=O) groups is 1. The molecule has 5 heteroatoms. The Balaban J connectivity index is 5.05. The van der Waals surface area contributed by atoms with Crippen LogP contribution in [0.4, 0.5) is 0 Å². The molecule has 3 unspecified atom stereocenters. The van der Waals surface area contributed by atoms with Crippen molar-refractivity contribution in [3.05, 3.63) is 47.9 Å². The Labute approximate surface area is 171 Å². The molecule has 0 saturated heterocycles. The fourth-order valence-corrected chi connectivity index (χ4v) is 2.69. The van der Waals surface area contributed by atoms with Gasteiger partial charge in [-0.05, 0) is 51.2 Å². The molecule has 0 aromatic rings. The molecule has 0 spiro atoms. The maximum atomic E-state index is 12.4. The third-order valence-electron chi connectivity index (χ3n) is 4.81. The van der Waals surface area contributed by atoms with Crippen LogP contribution in [0.15, 0.2) is 47.9 Å². The lowest BCUT2D eigenvalue weighted by Crippen LogP contribution is -2.47. The fraction of sp³-hybridized carbons (Fsp3) is 0.609. The van der Waals surface area contributed by atoms with E-state index in [2.05, 4.69) is 31.8 Å². The predicted molar refractivity (Wildman–Crippen MR) is 118 cm³/mol. The number of hydrogen-bond donors (Lipinski definition) is 3. The SMILES string of the molecule is C=C(N/C(C)=C/C=C(\C=C/C)C(C)CC)C(O)C(O)C(=O)N(CC)CCCC. The quantitative estimate of drug-likeness (QED) is 0.416. The maximum absolute atomic E-state index is 12.4. The highest BCUT2D eigenvalue weighted by Crippen LogP contribution is 2.16. The number of hydrogen-bond acceptors (Lipinski definition) is 4. The van der Waals surface area contributed by atoms with Crippen molar-refractivity contribution in [3.63, 3.8) is 0 Å². The molecule has 3 atom stereocenters. The minimum Gasteiger partial charge on any atom is -0.384 e. The summed E-state index contributed by atoms with van der Waals surface area (Å²) in [5, 5.41) is 23.6. The van der Waals surface area contributed by atoms with Gasteiger partial charge in [0.05, 0.1) is 0 Å². The normalized spacial score (nSPS) is 16.0. The molecule has 0 aromatic heterocycles. The molecule has 0 fully saturated rings. The number of nitrogens with one attached hydrogen (secondary N) is 1. The molecule has 0 aliphatic heterocycles. The molecule has 0 saturated carbocycles. The highest BCUT2D eigenvalue weighted by Gasteiger charge is 2.29. The zero-order chi connectivity index (χ0) is 21.7. The number of aliphatic hydroxyl groups excluding tert-OH is 2. The van der Waals surface area contributed by atoms with Gasteiger partial charge in [0.25, 0.3) is 5.91 Å². The van der Waals surface area contributed by atoms with Crippen molar-refractivity contribution < 1.29 is 15.0 Å². The highest BCUT2D eigenvalue weighted by molar-refractivity contribution is 5.81. The molecule has 5 nitrogen and oxygen atoms in total. The lowest BCUT2D eigenvalue weighted by atomic mass is 9.97. The smallest absolute Gasteiger partial charge is 0.254 e. The maximum Gasteiger partial charge on any atom is 0.254 e. The molecule has 1 amide bonds. The van der Waals surface area contributed by atoms with Gasteiger partial charge >= 0.3 is 0 Å². The Morgan fingerprint density at radius 1 is 1.18 bits per heavy atom. The standard InChI is InChI=1S/C23H40N2O3/c1-8-12-16-25(11-4)23(28)22(27)21(26)19(7)24-18(6)14-15-20(13-9-2)17(5)10-3/h9,13-15,17,21-22,24,26-27H,7-8,10-12,16H2,1-6H3/b13-9-,18-14+,20-15+. The molecule has 0 aliphatic carbocycles. The van der Waals surface area contributed by atoms with Crippen LogP contribution in [-0.2, 0) is 4.79 Å². The summed E-state index contributed by atoms with van der Waals surface area (Å²) in [5.41, 5.74) is 2.18. The number of likely N-dealkylation sites (N-methyl/N-ethyl adjacent to an activating group) is 1. The van der Waals surface area contributed by atoms with E-state index in [0.29, 0.717) is 19.0 Å². The lowest BCUT2D eigenvalue weighted by molar-refractivity contribution is -0.144. The molecule has 160 valence electrons. The number of amides is 1. The van der Waals surface area contributed by atoms with Crippen molar-refractivity contribution in [2.24, 2.45) is 5.92 Å². The van der Waals surface area contributed by atoms with Crippen LogP contribution in [0.3, 0.4) is 0 Å². The van der Waals surface area contributed by atoms with Crippen LogP contribution in [0.1, 0.15) is 60.8 Å². The van der Waals surface area contributed by atoms with E-state index in [1.165, 1.54) is 5.57 Å². The summed E-state index contributed by atoms with van der Waals surface area (Å²) in [4.78, 5) is 14.0. The second-order valence-electron chi connectivity index (χ2n) is 7.14. The molecule has 0 bridgehead atoms. The zero-order valence-electron chi connectivity index (χ0n) is 18.5. The van der Waals surface area contributed by atoms with Gasteiger partial charge in [-0.15, -0.1) is 0 Å². The number of carbonyl (C=O) groups excluding carboxylic acids is 1. The highest BCUT2D eigenvalue weighted by atomic mass is 16.3. The van der Waals surface area contributed by atoms with Crippen molar-refractivity contribution in [1.82, 2.24) is 10.2 Å². The van der Waals surface area contributed by atoms with Gasteiger partial charge in [0.2, 0.25) is 0 Å². The predicted octanol–water partition coefficient (Wildman–Crippen LogP) is 3.91. The molecule has 28 heavy (non-hydrogen) atoms. The summed E-state index contributed by atoms with van der Waals surface area (Å²) in [6.07, 6.45) is 7.99. The van der Waals surface area contributed by atoms with Gasteiger partial charge in [-0.25, -0.2) is 0 Å². The van der Waals surface area contributed by atoms with Crippen LogP contribution in [0.25, 0.3) is 0 Å². The molecule has 0 rings (SSSR count). The number of nitrogens with zero attached hydrogens (tertiary/aromatic N) is 1. The van der Waals surface area contributed by atoms with Gasteiger partial charge in [-0.1, -0.05) is 52.0 Å². The summed E-state index contributed by atoms with van der Waals surface area (Å²) in [6.45, 7) is 16.9. The Morgan fingerprint density at radius 2 is 1.82 bits per heavy atom. The van der Waals surface area contributed by atoms with Crippen LogP contribution in [0, 0.1) is 5.92 Å². The number of rotatable bonds is 13. The van der Waals surface area contributed by atoms with Gasteiger partial charge in [0.15, 0.2) is 6.10 Å². The Kier molecular flexibility index (Phi) is 13.3. The van der Waals surface area contributed by atoms with Crippen LogP contribution < -0.4 is 5.32 Å². The van der Waals surface area contributed by atoms with Crippen LogP contribution in [0.2, 0.25) is 0 Å². The molecule has 3 N–H and O–H groups in total. The number of unbranched alkanes of at least 4 members (excludes halogenated alkanes) is 1. The van der Waals surface area contributed by atoms with Crippen molar-refractivity contribution in [2.45, 2.75) is 73.0 Å². The van der Waals surface area contributed by atoms with Gasteiger partial charge < -0.3 is 20.4 Å². The first-order chi connectivity index (χ1) is 13.2. The van der Waals surface area contributed by atoms with E-state index >= 15 is 0 Å². The van der Waals surface area contributed by atoms with Crippen molar-refractivity contribution in [3.8, 4) is 0 Å². The summed E-state index contributed by atoms with van der Waals surface area (Å²) >= 11 is 0. The van der Waals surface area contributed by atoms with E-state index in [0.717, 1.165) is 25.0 Å². The van der Waals surface area contributed by atoms with Gasteiger partial charge in [-0.3, -0.25) is 4.79 Å². The average Bonchev–Trinajstić information content (AvgIpc) is 2.69. The van der Waals surface area contributed by atoms with Crippen molar-refractivity contribution >= 4 is 5.91 Å². The molecular weight excluding hydrogens is 352 g/mol. The number of aliphatic hydroxyl groups is 2. The van der Waals surface area contributed by atoms with Crippen LogP contribution in [0.5, 0.6) is 0 Å². The van der Waals surface area contributed by atoms with E-state index in [1.807, 2.05) is 45.9 Å². The topological polar surface area (TPSA) is 72.8 Å². The van der Waals surface area contributed by atoms with E-state index in [1.54, 1.807) is 4.90 Å². The number of allylic oxidation sites excluding steroid dienone is 6. The minimum atomic E-state index is -1.53. The minimum absolute atomic E-state index is 0.200. The van der Waals surface area contributed by atoms with Crippen molar-refractivity contribution in [2.75, 3.05) is 13.1 Å². The second-order valence-corrected chi connectivity index (χ2v) is 7.14. The molecule has 0 aliphatic rings. The molecule has 0 radical (unpaired) electrons. The van der Waals surface area contributed by atoms with Gasteiger partial charge in [0, 0.05) is 24.5 Å². The monoisotopic (exact) mass is 392 g/mol. The lowest BCUT2D eigenvalue weighted by Gasteiger charge is -2.27. The van der Waals surface area contributed by atoms with Crippen LogP contribution in [-0.4, -0.2) is 46.3 Å². The first-order valence-electron chi connectivity index (χ1n) is 10.3. The molecule has 0 aromatic carbocycles. The fourth-order valence-electron chi connectivity index (χ4n) is 2.69. The van der Waals surface area contributed by atoms with E-state index in [9.17, 15) is 15.0 Å². The third-order valence-corrected chi connectivity index (χ3v) is 4.81. The van der Waals surface area contributed by atoms with Crippen molar-refractivity contribution in [1.29, 1.82) is 0 Å². The first-order valence-corrected chi connectivity index (χ1v) is 10.3. The largest absolute Gasteiger partial charge is 0.384 e. The van der Waals surface area contributed by atoms with E-state index in [-0.39, 0.29) is 5.70 Å². The van der Waals surface area contributed by atoms with Crippen LogP contribution >= 0.6 is 0 Å². The van der Waals surface area contributed by atoms with Gasteiger partial charge in [0.1, 0.15) is 6.10 Å². The Morgan fingerprint density at radius 3 is 2.32 bits per heavy atom. The van der Waals surface area contributed by atoms with Gasteiger partial charge in [-0.2, -0.15) is 0 Å². The molecular formula is C23H40N2O3. The zero-order valence-corrected chi connectivity index (χ0v) is 18.5. The summed E-state index contributed by atoms with van der Waals surface area (Å²) < 4.78 is 0. The molecule has 0 heterocycles. The Bertz CT molecular complexity index is 578. The Hall–Kier alpha value is -1.85. The third kappa shape index (κ3) is 8.89. The van der Waals surface area contributed by atoms with E-state index < -0.39 is 18.1 Å². The first kappa shape index (κ1) is 26.1. The second kappa shape index (κ2) is 14.2. The summed E-state index contributed by atoms with van der Waals surface area (Å²) in [6, 6.07) is 0. The summed E-state index contributed by atoms with van der Waals surface area (Å²) in [5.74, 6) is -0.0308. The van der Waals surface area contributed by atoms with E-state index in [4.69, 9.17) is 0 Å².